The van der Waals surface area contributed by atoms with Crippen LogP contribution in [0.15, 0.2) is 60.9 Å². The first-order chi connectivity index (χ1) is 12.7. The van der Waals surface area contributed by atoms with Crippen molar-refractivity contribution < 1.29 is 13.9 Å². The van der Waals surface area contributed by atoms with E-state index in [0.717, 1.165) is 11.1 Å². The highest BCUT2D eigenvalue weighted by molar-refractivity contribution is 5.98. The molecule has 1 aliphatic rings. The zero-order chi connectivity index (χ0) is 17.9. The summed E-state index contributed by atoms with van der Waals surface area (Å²) in [6.45, 7) is 1.18. The molecule has 3 aromatic rings. The lowest BCUT2D eigenvalue weighted by Gasteiger charge is -2.19. The first-order valence-corrected chi connectivity index (χ1v) is 8.29. The summed E-state index contributed by atoms with van der Waals surface area (Å²) in [7, 11) is 0. The van der Waals surface area contributed by atoms with Crippen molar-refractivity contribution >= 4 is 5.91 Å². The first-order valence-electron chi connectivity index (χ1n) is 8.29. The van der Waals surface area contributed by atoms with E-state index in [0.29, 0.717) is 36.8 Å². The first kappa shape index (κ1) is 16.2. The molecule has 0 N–H and O–H groups in total. The fourth-order valence-corrected chi connectivity index (χ4v) is 2.92. The van der Waals surface area contributed by atoms with Crippen LogP contribution in [-0.4, -0.2) is 33.9 Å². The molecule has 130 valence electrons. The van der Waals surface area contributed by atoms with Crippen molar-refractivity contribution in [2.75, 3.05) is 13.2 Å². The van der Waals surface area contributed by atoms with E-state index < -0.39 is 0 Å². The molecule has 2 heterocycles. The quantitative estimate of drug-likeness (QED) is 0.728. The van der Waals surface area contributed by atoms with Gasteiger partial charge >= 0.3 is 0 Å². The molecule has 5 nitrogen and oxygen atoms in total. The minimum Gasteiger partial charge on any atom is -0.491 e. The van der Waals surface area contributed by atoms with Crippen LogP contribution in [0, 0.1) is 5.82 Å². The van der Waals surface area contributed by atoms with E-state index >= 15 is 0 Å². The summed E-state index contributed by atoms with van der Waals surface area (Å²) in [5.74, 6) is 0.710. The second-order valence-electron chi connectivity index (χ2n) is 5.96. The van der Waals surface area contributed by atoms with Crippen molar-refractivity contribution in [1.82, 2.24) is 14.9 Å². The molecule has 0 atom stereocenters. The van der Waals surface area contributed by atoms with Gasteiger partial charge in [-0.25, -0.2) is 14.4 Å². The number of nitrogens with zero attached hydrogens (tertiary/aromatic N) is 3. The van der Waals surface area contributed by atoms with Crippen LogP contribution in [0.5, 0.6) is 5.75 Å². The van der Waals surface area contributed by atoms with Crippen molar-refractivity contribution in [2.45, 2.75) is 6.54 Å². The number of rotatable bonds is 3. The van der Waals surface area contributed by atoms with E-state index in [2.05, 4.69) is 9.97 Å². The number of amides is 1. The SMILES string of the molecule is O=C1c2cc(-c3ccc(F)cc3)ccc2OCCN1Cc1ncccn1. The van der Waals surface area contributed by atoms with E-state index in [1.165, 1.54) is 12.1 Å². The third-order valence-electron chi connectivity index (χ3n) is 4.25. The van der Waals surface area contributed by atoms with E-state index in [4.69, 9.17) is 4.74 Å². The lowest BCUT2D eigenvalue weighted by atomic mass is 10.0. The number of benzene rings is 2. The van der Waals surface area contributed by atoms with Gasteiger partial charge < -0.3 is 9.64 Å². The van der Waals surface area contributed by atoms with Crippen LogP contribution in [0.25, 0.3) is 11.1 Å². The molecule has 26 heavy (non-hydrogen) atoms. The topological polar surface area (TPSA) is 55.3 Å². The van der Waals surface area contributed by atoms with Crippen molar-refractivity contribution in [3.8, 4) is 16.9 Å². The van der Waals surface area contributed by atoms with Gasteiger partial charge in [0.1, 0.15) is 24.0 Å². The Kier molecular flexibility index (Phi) is 4.31. The van der Waals surface area contributed by atoms with Gasteiger partial charge in [0.15, 0.2) is 0 Å². The maximum absolute atomic E-state index is 13.2. The molecule has 0 aliphatic carbocycles. The van der Waals surface area contributed by atoms with E-state index in [9.17, 15) is 9.18 Å². The number of ether oxygens (including phenoxy) is 1. The number of fused-ring (bicyclic) bond motifs is 1. The van der Waals surface area contributed by atoms with Crippen molar-refractivity contribution in [3.05, 3.63) is 78.1 Å². The molecule has 1 amide bonds. The zero-order valence-electron chi connectivity index (χ0n) is 13.9. The molecule has 0 bridgehead atoms. The summed E-state index contributed by atoms with van der Waals surface area (Å²) in [6, 6.07) is 13.4. The Hall–Kier alpha value is -3.28. The summed E-state index contributed by atoms with van der Waals surface area (Å²) in [5.41, 5.74) is 2.16. The molecule has 4 rings (SSSR count). The number of carbonyl (C=O) groups excluding carboxylic acids is 1. The number of halogens is 1. The van der Waals surface area contributed by atoms with E-state index in [1.807, 2.05) is 6.07 Å². The van der Waals surface area contributed by atoms with Crippen LogP contribution in [0.1, 0.15) is 16.2 Å². The highest BCUT2D eigenvalue weighted by atomic mass is 19.1. The maximum Gasteiger partial charge on any atom is 0.258 e. The predicted octanol–water partition coefficient (Wildman–Crippen LogP) is 3.32. The van der Waals surface area contributed by atoms with E-state index in [-0.39, 0.29) is 11.7 Å². The van der Waals surface area contributed by atoms with Gasteiger partial charge in [-0.2, -0.15) is 0 Å². The summed E-state index contributed by atoms with van der Waals surface area (Å²) in [4.78, 5) is 23.1. The van der Waals surface area contributed by atoms with Gasteiger partial charge in [-0.15, -0.1) is 0 Å². The highest BCUT2D eigenvalue weighted by Gasteiger charge is 2.24. The van der Waals surface area contributed by atoms with Crippen LogP contribution in [0.2, 0.25) is 0 Å². The Morgan fingerprint density at radius 1 is 1.04 bits per heavy atom. The van der Waals surface area contributed by atoms with Gasteiger partial charge in [0.25, 0.3) is 5.91 Å². The molecule has 0 spiro atoms. The summed E-state index contributed by atoms with van der Waals surface area (Å²) in [5, 5.41) is 0. The lowest BCUT2D eigenvalue weighted by molar-refractivity contribution is 0.0738. The lowest BCUT2D eigenvalue weighted by Crippen LogP contribution is -2.32. The minimum atomic E-state index is -0.294. The molecular weight excluding hydrogens is 333 g/mol. The van der Waals surface area contributed by atoms with Crippen LogP contribution >= 0.6 is 0 Å². The van der Waals surface area contributed by atoms with Crippen molar-refractivity contribution in [2.24, 2.45) is 0 Å². The molecule has 0 saturated heterocycles. The Labute approximate surface area is 150 Å². The zero-order valence-corrected chi connectivity index (χ0v) is 13.9. The summed E-state index contributed by atoms with van der Waals surface area (Å²) < 4.78 is 18.9. The molecular formula is C20H16FN3O2. The number of aromatic nitrogens is 2. The second kappa shape index (κ2) is 6.92. The van der Waals surface area contributed by atoms with Crippen LogP contribution in [0.3, 0.4) is 0 Å². The molecule has 0 saturated carbocycles. The molecule has 6 heteroatoms. The third-order valence-corrected chi connectivity index (χ3v) is 4.25. The molecule has 0 fully saturated rings. The average molecular weight is 349 g/mol. The maximum atomic E-state index is 13.2. The smallest absolute Gasteiger partial charge is 0.258 e. The van der Waals surface area contributed by atoms with Gasteiger partial charge in [0.2, 0.25) is 0 Å². The summed E-state index contributed by atoms with van der Waals surface area (Å²) >= 11 is 0. The Bertz CT molecular complexity index is 930. The number of hydrogen-bond acceptors (Lipinski definition) is 4. The predicted molar refractivity (Wildman–Crippen MR) is 94.1 cm³/mol. The van der Waals surface area contributed by atoms with Crippen molar-refractivity contribution in [3.63, 3.8) is 0 Å². The standard InChI is InChI=1S/C20H16FN3O2/c21-16-5-2-14(3-6-16)15-4-7-18-17(12-15)20(25)24(10-11-26-18)13-19-22-8-1-9-23-19/h1-9,12H,10-11,13H2. The Morgan fingerprint density at radius 2 is 1.77 bits per heavy atom. The fourth-order valence-electron chi connectivity index (χ4n) is 2.92. The fraction of sp³-hybridized carbons (Fsp3) is 0.150. The van der Waals surface area contributed by atoms with Crippen LogP contribution in [-0.2, 0) is 6.54 Å². The molecule has 2 aromatic carbocycles. The largest absolute Gasteiger partial charge is 0.491 e. The molecule has 1 aliphatic heterocycles. The molecule has 0 unspecified atom stereocenters. The third kappa shape index (κ3) is 3.26. The van der Waals surface area contributed by atoms with Crippen LogP contribution in [0.4, 0.5) is 4.39 Å². The Balaban J connectivity index is 1.66. The van der Waals surface area contributed by atoms with Gasteiger partial charge in [0, 0.05) is 12.4 Å². The van der Waals surface area contributed by atoms with Gasteiger partial charge in [-0.05, 0) is 41.5 Å². The highest BCUT2D eigenvalue weighted by Crippen LogP contribution is 2.29. The average Bonchev–Trinajstić information content (AvgIpc) is 2.82. The monoisotopic (exact) mass is 349 g/mol. The van der Waals surface area contributed by atoms with Crippen LogP contribution < -0.4 is 4.74 Å². The van der Waals surface area contributed by atoms with Gasteiger partial charge in [-0.3, -0.25) is 4.79 Å². The molecule has 0 radical (unpaired) electrons. The summed E-state index contributed by atoms with van der Waals surface area (Å²) in [6.07, 6.45) is 3.31. The molecule has 1 aromatic heterocycles. The van der Waals surface area contributed by atoms with Gasteiger partial charge in [-0.1, -0.05) is 18.2 Å². The van der Waals surface area contributed by atoms with Crippen molar-refractivity contribution in [1.29, 1.82) is 0 Å². The second-order valence-corrected chi connectivity index (χ2v) is 5.96. The Morgan fingerprint density at radius 3 is 2.54 bits per heavy atom. The number of hydrogen-bond donors (Lipinski definition) is 0. The normalized spacial score (nSPS) is 13.7. The van der Waals surface area contributed by atoms with Gasteiger partial charge in [0.05, 0.1) is 18.7 Å². The number of carbonyl (C=O) groups is 1. The minimum absolute atomic E-state index is 0.131. The van der Waals surface area contributed by atoms with E-state index in [1.54, 1.807) is 47.6 Å².